The van der Waals surface area contributed by atoms with Crippen molar-refractivity contribution in [2.24, 2.45) is 0 Å². The standard InChI is InChI=1S/C31H28F2N4O2/c1-36(27-5-3-2-4-6-27)18-23-7-9-24(10-8-23)25-11-14-28(15-12-25)39-20-31(38,19-37-22-34-21-35-37)29-16-13-26(32)17-30(29)33/h2-17,21-22,38H,18-20H2,1H3. The maximum absolute atomic E-state index is 14.6. The van der Waals surface area contributed by atoms with Crippen LogP contribution in [0.1, 0.15) is 11.1 Å². The third kappa shape index (κ3) is 6.30. The monoisotopic (exact) mass is 526 g/mol. The van der Waals surface area contributed by atoms with Crippen LogP contribution in [0, 0.1) is 11.6 Å². The summed E-state index contributed by atoms with van der Waals surface area (Å²) in [5.74, 6) is -1.10. The number of anilines is 1. The van der Waals surface area contributed by atoms with Gasteiger partial charge in [-0.25, -0.2) is 18.4 Å². The average molecular weight is 527 g/mol. The fraction of sp³-hybridized carbons (Fsp3) is 0.161. The molecule has 1 unspecified atom stereocenters. The largest absolute Gasteiger partial charge is 0.490 e. The summed E-state index contributed by atoms with van der Waals surface area (Å²) in [4.78, 5) is 6.07. The fourth-order valence-corrected chi connectivity index (χ4v) is 4.45. The lowest BCUT2D eigenvalue weighted by molar-refractivity contribution is -0.0297. The van der Waals surface area contributed by atoms with Gasteiger partial charge in [0.15, 0.2) is 0 Å². The Morgan fingerprint density at radius 1 is 0.897 bits per heavy atom. The zero-order valence-corrected chi connectivity index (χ0v) is 21.4. The van der Waals surface area contributed by atoms with Crippen molar-refractivity contribution >= 4 is 5.69 Å². The molecule has 0 fully saturated rings. The van der Waals surface area contributed by atoms with Crippen LogP contribution in [0.2, 0.25) is 0 Å². The topological polar surface area (TPSA) is 63.4 Å². The minimum atomic E-state index is -1.81. The number of rotatable bonds is 10. The molecule has 0 spiro atoms. The number of aromatic nitrogens is 3. The number of ether oxygens (including phenoxy) is 1. The summed E-state index contributed by atoms with van der Waals surface area (Å²) >= 11 is 0. The molecule has 0 aliphatic carbocycles. The fourth-order valence-electron chi connectivity index (χ4n) is 4.45. The highest BCUT2D eigenvalue weighted by Crippen LogP contribution is 2.29. The van der Waals surface area contributed by atoms with Crippen LogP contribution in [0.15, 0.2) is 110 Å². The van der Waals surface area contributed by atoms with E-state index in [-0.39, 0.29) is 18.7 Å². The van der Waals surface area contributed by atoms with Gasteiger partial charge in [-0.05, 0) is 47.0 Å². The van der Waals surface area contributed by atoms with E-state index in [1.54, 1.807) is 12.1 Å². The Labute approximate surface area is 225 Å². The molecule has 0 radical (unpaired) electrons. The number of hydrogen-bond donors (Lipinski definition) is 1. The molecule has 5 rings (SSSR count). The van der Waals surface area contributed by atoms with Crippen LogP contribution >= 0.6 is 0 Å². The molecule has 1 heterocycles. The second-order valence-electron chi connectivity index (χ2n) is 9.45. The normalized spacial score (nSPS) is 12.6. The van der Waals surface area contributed by atoms with Crippen LogP contribution in [-0.4, -0.2) is 33.5 Å². The second-order valence-corrected chi connectivity index (χ2v) is 9.45. The zero-order chi connectivity index (χ0) is 27.2. The van der Waals surface area contributed by atoms with Gasteiger partial charge in [-0.1, -0.05) is 60.7 Å². The van der Waals surface area contributed by atoms with Crippen molar-refractivity contribution in [1.82, 2.24) is 14.8 Å². The quantitative estimate of drug-likeness (QED) is 0.248. The van der Waals surface area contributed by atoms with Crippen molar-refractivity contribution in [1.29, 1.82) is 0 Å². The molecule has 6 nitrogen and oxygen atoms in total. The van der Waals surface area contributed by atoms with E-state index in [1.165, 1.54) is 29.0 Å². The highest BCUT2D eigenvalue weighted by molar-refractivity contribution is 5.64. The summed E-state index contributed by atoms with van der Waals surface area (Å²) in [6.45, 7) is 0.390. The van der Waals surface area contributed by atoms with Gasteiger partial charge in [0.1, 0.15) is 42.2 Å². The van der Waals surface area contributed by atoms with Gasteiger partial charge in [-0.15, -0.1) is 0 Å². The number of aliphatic hydroxyl groups is 1. The predicted octanol–water partition coefficient (Wildman–Crippen LogP) is 5.83. The smallest absolute Gasteiger partial charge is 0.146 e. The molecule has 0 saturated carbocycles. The minimum Gasteiger partial charge on any atom is -0.490 e. The van der Waals surface area contributed by atoms with Crippen molar-refractivity contribution in [3.05, 3.63) is 132 Å². The zero-order valence-electron chi connectivity index (χ0n) is 21.4. The first-order valence-electron chi connectivity index (χ1n) is 12.5. The summed E-state index contributed by atoms with van der Waals surface area (Å²) in [5.41, 5.74) is 2.52. The van der Waals surface area contributed by atoms with Gasteiger partial charge < -0.3 is 14.7 Å². The molecular weight excluding hydrogens is 498 g/mol. The molecular formula is C31H28F2N4O2. The third-order valence-corrected chi connectivity index (χ3v) is 6.56. The van der Waals surface area contributed by atoms with Gasteiger partial charge in [-0.2, -0.15) is 5.10 Å². The Morgan fingerprint density at radius 3 is 2.23 bits per heavy atom. The van der Waals surface area contributed by atoms with E-state index in [0.29, 0.717) is 5.75 Å². The molecule has 198 valence electrons. The first-order valence-corrected chi connectivity index (χ1v) is 12.5. The molecule has 0 aliphatic rings. The van der Waals surface area contributed by atoms with Crippen LogP contribution in [0.3, 0.4) is 0 Å². The molecule has 1 atom stereocenters. The predicted molar refractivity (Wildman–Crippen MR) is 146 cm³/mol. The van der Waals surface area contributed by atoms with E-state index in [2.05, 4.69) is 58.4 Å². The van der Waals surface area contributed by atoms with E-state index in [0.717, 1.165) is 35.5 Å². The number of hydrogen-bond acceptors (Lipinski definition) is 5. The lowest BCUT2D eigenvalue weighted by Crippen LogP contribution is -2.39. The van der Waals surface area contributed by atoms with Crippen LogP contribution in [0.4, 0.5) is 14.5 Å². The van der Waals surface area contributed by atoms with Crippen molar-refractivity contribution in [3.63, 3.8) is 0 Å². The van der Waals surface area contributed by atoms with Crippen LogP contribution < -0.4 is 9.64 Å². The Kier molecular flexibility index (Phi) is 7.65. The maximum atomic E-state index is 14.6. The summed E-state index contributed by atoms with van der Waals surface area (Å²) < 4.78 is 35.4. The number of para-hydroxylation sites is 1. The highest BCUT2D eigenvalue weighted by Gasteiger charge is 2.34. The lowest BCUT2D eigenvalue weighted by atomic mass is 9.94. The van der Waals surface area contributed by atoms with Gasteiger partial charge in [0.05, 0.1) is 6.54 Å². The first kappa shape index (κ1) is 26.1. The first-order chi connectivity index (χ1) is 18.9. The number of halogens is 2. The second kappa shape index (κ2) is 11.4. The SMILES string of the molecule is CN(Cc1ccc(-c2ccc(OCC(O)(Cn3cncn3)c3ccc(F)cc3F)cc2)cc1)c1ccccc1. The molecule has 5 aromatic rings. The van der Waals surface area contributed by atoms with Gasteiger partial charge in [0.2, 0.25) is 0 Å². The van der Waals surface area contributed by atoms with Crippen LogP contribution in [-0.2, 0) is 18.7 Å². The Morgan fingerprint density at radius 2 is 1.59 bits per heavy atom. The molecule has 8 heteroatoms. The number of benzene rings is 4. The lowest BCUT2D eigenvalue weighted by Gasteiger charge is -2.29. The summed E-state index contributed by atoms with van der Waals surface area (Å²) in [5, 5.41) is 15.4. The molecule has 4 aromatic carbocycles. The maximum Gasteiger partial charge on any atom is 0.146 e. The highest BCUT2D eigenvalue weighted by atomic mass is 19.1. The molecule has 0 amide bonds. The molecule has 0 bridgehead atoms. The van der Waals surface area contributed by atoms with Crippen molar-refractivity contribution in [3.8, 4) is 16.9 Å². The third-order valence-electron chi connectivity index (χ3n) is 6.56. The van der Waals surface area contributed by atoms with E-state index in [1.807, 2.05) is 30.3 Å². The summed E-state index contributed by atoms with van der Waals surface area (Å²) in [7, 11) is 2.07. The van der Waals surface area contributed by atoms with Gasteiger partial charge >= 0.3 is 0 Å². The Hall–Kier alpha value is -4.56. The molecule has 1 aromatic heterocycles. The van der Waals surface area contributed by atoms with Crippen molar-refractivity contribution < 1.29 is 18.6 Å². The molecule has 39 heavy (non-hydrogen) atoms. The van der Waals surface area contributed by atoms with Crippen molar-refractivity contribution in [2.45, 2.75) is 18.7 Å². The Bertz CT molecular complexity index is 1490. The van der Waals surface area contributed by atoms with Gasteiger partial charge in [-0.3, -0.25) is 0 Å². The van der Waals surface area contributed by atoms with Gasteiger partial charge in [0.25, 0.3) is 0 Å². The van der Waals surface area contributed by atoms with E-state index in [4.69, 9.17) is 4.74 Å². The van der Waals surface area contributed by atoms with E-state index in [9.17, 15) is 13.9 Å². The molecule has 0 aliphatic heterocycles. The summed E-state index contributed by atoms with van der Waals surface area (Å²) in [6, 6.07) is 29.1. The Balaban J connectivity index is 1.26. The van der Waals surface area contributed by atoms with Crippen LogP contribution in [0.25, 0.3) is 11.1 Å². The molecule has 0 saturated heterocycles. The minimum absolute atomic E-state index is 0.0889. The van der Waals surface area contributed by atoms with E-state index < -0.39 is 17.2 Å². The molecule has 1 N–H and O–H groups in total. The van der Waals surface area contributed by atoms with E-state index >= 15 is 0 Å². The van der Waals surface area contributed by atoms with Crippen molar-refractivity contribution in [2.75, 3.05) is 18.6 Å². The number of nitrogens with zero attached hydrogens (tertiary/aromatic N) is 4. The van der Waals surface area contributed by atoms with Crippen LogP contribution in [0.5, 0.6) is 5.75 Å². The average Bonchev–Trinajstić information content (AvgIpc) is 3.46. The van der Waals surface area contributed by atoms with Gasteiger partial charge in [0, 0.05) is 30.9 Å². The summed E-state index contributed by atoms with van der Waals surface area (Å²) in [6.07, 6.45) is 2.72.